The average Bonchev–Trinajstić information content (AvgIpc) is 2.47. The molecule has 2 aliphatic rings. The van der Waals surface area contributed by atoms with E-state index in [4.69, 9.17) is 0 Å². The molecule has 3 rings (SSSR count). The van der Waals surface area contributed by atoms with E-state index < -0.39 is 6.18 Å². The molecule has 1 N–H and O–H groups in total. The summed E-state index contributed by atoms with van der Waals surface area (Å²) in [6, 6.07) is 8.32. The standard InChI is InChI=1S/C16H19F3N2/c17-16(18,19)14-5-7-21(8-6-14)11-13-10-20-9-12-3-1-2-4-15(12)13/h1-5,13,20H,6-11H2. The molecule has 0 bridgehead atoms. The van der Waals surface area contributed by atoms with E-state index in [0.29, 0.717) is 19.0 Å². The molecule has 0 radical (unpaired) electrons. The van der Waals surface area contributed by atoms with Crippen molar-refractivity contribution in [1.29, 1.82) is 0 Å². The van der Waals surface area contributed by atoms with E-state index in [1.54, 1.807) is 0 Å². The molecule has 21 heavy (non-hydrogen) atoms. The van der Waals surface area contributed by atoms with Crippen molar-refractivity contribution in [2.24, 2.45) is 0 Å². The van der Waals surface area contributed by atoms with E-state index in [1.165, 1.54) is 17.2 Å². The van der Waals surface area contributed by atoms with Gasteiger partial charge in [-0.25, -0.2) is 0 Å². The molecule has 2 aliphatic heterocycles. The quantitative estimate of drug-likeness (QED) is 0.844. The summed E-state index contributed by atoms with van der Waals surface area (Å²) < 4.78 is 37.9. The summed E-state index contributed by atoms with van der Waals surface area (Å²) in [5, 5.41) is 3.39. The highest BCUT2D eigenvalue weighted by atomic mass is 19.4. The fraction of sp³-hybridized carbons (Fsp3) is 0.500. The zero-order chi connectivity index (χ0) is 14.9. The van der Waals surface area contributed by atoms with Gasteiger partial charge in [0.25, 0.3) is 0 Å². The summed E-state index contributed by atoms with van der Waals surface area (Å²) >= 11 is 0. The van der Waals surface area contributed by atoms with Crippen molar-refractivity contribution < 1.29 is 13.2 Å². The Morgan fingerprint density at radius 1 is 1.24 bits per heavy atom. The fourth-order valence-corrected chi connectivity index (χ4v) is 3.19. The number of hydrogen-bond acceptors (Lipinski definition) is 2. The van der Waals surface area contributed by atoms with E-state index in [9.17, 15) is 13.2 Å². The van der Waals surface area contributed by atoms with Gasteiger partial charge in [-0.2, -0.15) is 13.2 Å². The van der Waals surface area contributed by atoms with Crippen LogP contribution in [0.1, 0.15) is 23.5 Å². The van der Waals surface area contributed by atoms with Crippen LogP contribution in [0.2, 0.25) is 0 Å². The van der Waals surface area contributed by atoms with Crippen molar-refractivity contribution in [3.63, 3.8) is 0 Å². The Labute approximate surface area is 122 Å². The summed E-state index contributed by atoms with van der Waals surface area (Å²) in [5.41, 5.74) is 2.26. The fourth-order valence-electron chi connectivity index (χ4n) is 3.19. The summed E-state index contributed by atoms with van der Waals surface area (Å²) in [6.45, 7) is 3.47. The Bertz CT molecular complexity index is 537. The number of rotatable bonds is 2. The van der Waals surface area contributed by atoms with Crippen LogP contribution in [0.15, 0.2) is 35.9 Å². The van der Waals surface area contributed by atoms with E-state index >= 15 is 0 Å². The minimum Gasteiger partial charge on any atom is -0.312 e. The SMILES string of the molecule is FC(F)(F)C1=CCN(CC2CNCc3ccccc32)CC1. The van der Waals surface area contributed by atoms with Crippen molar-refractivity contribution >= 4 is 0 Å². The van der Waals surface area contributed by atoms with Gasteiger partial charge in [-0.3, -0.25) is 4.90 Å². The average molecular weight is 296 g/mol. The maximum atomic E-state index is 12.6. The molecule has 2 heterocycles. The van der Waals surface area contributed by atoms with Crippen LogP contribution in [0.25, 0.3) is 0 Å². The molecular weight excluding hydrogens is 277 g/mol. The Morgan fingerprint density at radius 2 is 2.05 bits per heavy atom. The zero-order valence-electron chi connectivity index (χ0n) is 11.8. The van der Waals surface area contributed by atoms with Gasteiger partial charge in [-0.15, -0.1) is 0 Å². The lowest BCUT2D eigenvalue weighted by molar-refractivity contribution is -0.0960. The maximum Gasteiger partial charge on any atom is 0.412 e. The minimum atomic E-state index is -4.16. The zero-order valence-corrected chi connectivity index (χ0v) is 11.8. The second-order valence-corrected chi connectivity index (χ2v) is 5.76. The summed E-state index contributed by atoms with van der Waals surface area (Å²) in [7, 11) is 0. The minimum absolute atomic E-state index is 0.102. The molecule has 114 valence electrons. The maximum absolute atomic E-state index is 12.6. The third-order valence-electron chi connectivity index (χ3n) is 4.34. The summed E-state index contributed by atoms with van der Waals surface area (Å²) in [5.74, 6) is 0.357. The van der Waals surface area contributed by atoms with Gasteiger partial charge in [0.2, 0.25) is 0 Å². The van der Waals surface area contributed by atoms with E-state index in [0.717, 1.165) is 19.6 Å². The highest BCUT2D eigenvalue weighted by molar-refractivity contribution is 5.33. The molecule has 0 spiro atoms. The van der Waals surface area contributed by atoms with Gasteiger partial charge in [0.1, 0.15) is 0 Å². The number of fused-ring (bicyclic) bond motifs is 1. The second kappa shape index (κ2) is 5.81. The van der Waals surface area contributed by atoms with Gasteiger partial charge < -0.3 is 5.32 Å². The lowest BCUT2D eigenvalue weighted by atomic mass is 9.90. The van der Waals surface area contributed by atoms with Crippen LogP contribution in [0.5, 0.6) is 0 Å². The first kappa shape index (κ1) is 14.6. The first-order valence-electron chi connectivity index (χ1n) is 7.31. The van der Waals surface area contributed by atoms with Crippen molar-refractivity contribution in [2.45, 2.75) is 25.1 Å². The van der Waals surface area contributed by atoms with E-state index in [2.05, 4.69) is 22.3 Å². The number of alkyl halides is 3. The number of hydrogen-bond donors (Lipinski definition) is 1. The van der Waals surface area contributed by atoms with Gasteiger partial charge in [0, 0.05) is 44.2 Å². The first-order chi connectivity index (χ1) is 10.0. The highest BCUT2D eigenvalue weighted by Crippen LogP contribution is 2.31. The molecule has 0 aromatic heterocycles. The molecule has 2 nitrogen and oxygen atoms in total. The molecule has 0 saturated heterocycles. The van der Waals surface area contributed by atoms with E-state index in [-0.39, 0.29) is 12.0 Å². The van der Waals surface area contributed by atoms with E-state index in [1.807, 2.05) is 12.1 Å². The normalized spacial score (nSPS) is 23.6. The van der Waals surface area contributed by atoms with Crippen molar-refractivity contribution in [3.05, 3.63) is 47.0 Å². The molecule has 0 aliphatic carbocycles. The second-order valence-electron chi connectivity index (χ2n) is 5.76. The molecule has 0 fully saturated rings. The Hall–Kier alpha value is -1.33. The lowest BCUT2D eigenvalue weighted by Crippen LogP contribution is -2.39. The predicted octanol–water partition coefficient (Wildman–Crippen LogP) is 3.07. The smallest absolute Gasteiger partial charge is 0.312 e. The van der Waals surface area contributed by atoms with Gasteiger partial charge >= 0.3 is 6.18 Å². The molecule has 0 amide bonds. The van der Waals surface area contributed by atoms with Crippen molar-refractivity contribution in [2.75, 3.05) is 26.2 Å². The van der Waals surface area contributed by atoms with Crippen LogP contribution in [0.3, 0.4) is 0 Å². The van der Waals surface area contributed by atoms with Crippen LogP contribution >= 0.6 is 0 Å². The number of nitrogens with one attached hydrogen (secondary N) is 1. The molecular formula is C16H19F3N2. The molecule has 1 unspecified atom stereocenters. The van der Waals surface area contributed by atoms with Gasteiger partial charge in [0.15, 0.2) is 0 Å². The highest BCUT2D eigenvalue weighted by Gasteiger charge is 2.35. The Kier molecular flexibility index (Phi) is 4.04. The molecule has 0 saturated carbocycles. The molecule has 1 aromatic carbocycles. The third-order valence-corrected chi connectivity index (χ3v) is 4.34. The molecule has 1 aromatic rings. The predicted molar refractivity (Wildman–Crippen MR) is 76.1 cm³/mol. The Morgan fingerprint density at radius 3 is 2.76 bits per heavy atom. The molecule has 1 atom stereocenters. The summed E-state index contributed by atoms with van der Waals surface area (Å²) in [4.78, 5) is 2.11. The third kappa shape index (κ3) is 3.30. The van der Waals surface area contributed by atoms with Gasteiger partial charge in [0.05, 0.1) is 0 Å². The number of halogens is 3. The van der Waals surface area contributed by atoms with Crippen LogP contribution in [0.4, 0.5) is 13.2 Å². The topological polar surface area (TPSA) is 15.3 Å². The molecule has 5 heteroatoms. The van der Waals surface area contributed by atoms with Crippen LogP contribution in [-0.2, 0) is 6.54 Å². The number of benzene rings is 1. The first-order valence-corrected chi connectivity index (χ1v) is 7.31. The van der Waals surface area contributed by atoms with Gasteiger partial charge in [-0.1, -0.05) is 30.3 Å². The van der Waals surface area contributed by atoms with Crippen molar-refractivity contribution in [3.8, 4) is 0 Å². The monoisotopic (exact) mass is 296 g/mol. The Balaban J connectivity index is 1.66. The van der Waals surface area contributed by atoms with Crippen molar-refractivity contribution in [1.82, 2.24) is 10.2 Å². The lowest BCUT2D eigenvalue weighted by Gasteiger charge is -2.33. The van der Waals surface area contributed by atoms with Crippen LogP contribution in [0, 0.1) is 0 Å². The number of nitrogens with zero attached hydrogens (tertiary/aromatic N) is 1. The largest absolute Gasteiger partial charge is 0.412 e. The van der Waals surface area contributed by atoms with Crippen LogP contribution < -0.4 is 5.32 Å². The van der Waals surface area contributed by atoms with Gasteiger partial charge in [-0.05, 0) is 17.5 Å². The van der Waals surface area contributed by atoms with Crippen LogP contribution in [-0.4, -0.2) is 37.3 Å². The summed E-state index contributed by atoms with van der Waals surface area (Å²) in [6.07, 6.45) is -2.72.